The van der Waals surface area contributed by atoms with Gasteiger partial charge in [0.25, 0.3) is 0 Å². The highest BCUT2D eigenvalue weighted by Crippen LogP contribution is 2.18. The Bertz CT molecular complexity index is 713. The first-order chi connectivity index (χ1) is 15.1. The number of nitrogens with zero attached hydrogens (tertiary/aromatic N) is 4. The van der Waals surface area contributed by atoms with E-state index in [1.165, 1.54) is 0 Å². The summed E-state index contributed by atoms with van der Waals surface area (Å²) < 4.78 is 10.5. The monoisotopic (exact) mass is 433 g/mol. The third-order valence-corrected chi connectivity index (χ3v) is 5.64. The van der Waals surface area contributed by atoms with E-state index in [2.05, 4.69) is 20.1 Å². The molecular weight excluding hydrogens is 398 g/mol. The molecule has 1 amide bonds. The molecule has 0 spiro atoms. The zero-order valence-electron chi connectivity index (χ0n) is 18.6. The van der Waals surface area contributed by atoms with Gasteiger partial charge in [-0.2, -0.15) is 0 Å². The van der Waals surface area contributed by atoms with E-state index in [0.29, 0.717) is 32.8 Å². The Morgan fingerprint density at radius 3 is 2.42 bits per heavy atom. The molecule has 3 rings (SSSR count). The molecule has 1 atom stereocenters. The normalized spacial score (nSPS) is 19.3. The molecule has 2 heterocycles. The molecule has 9 heteroatoms. The van der Waals surface area contributed by atoms with Crippen molar-refractivity contribution in [3.8, 4) is 5.75 Å². The molecule has 1 aromatic carbocycles. The summed E-state index contributed by atoms with van der Waals surface area (Å²) in [6.07, 6.45) is -0.674. The quantitative estimate of drug-likeness (QED) is 0.468. The van der Waals surface area contributed by atoms with Crippen molar-refractivity contribution in [1.82, 2.24) is 20.0 Å². The number of morpholine rings is 1. The lowest BCUT2D eigenvalue weighted by molar-refractivity contribution is -0.136. The number of aliphatic imine (C=N–C) groups is 1. The summed E-state index contributed by atoms with van der Waals surface area (Å²) in [6, 6.07) is 7.39. The molecule has 0 radical (unpaired) electrons. The maximum Gasteiger partial charge on any atom is 0.236 e. The molecule has 2 saturated heterocycles. The van der Waals surface area contributed by atoms with Crippen LogP contribution in [-0.2, 0) is 9.53 Å². The number of piperazine rings is 1. The number of guanidine groups is 1. The van der Waals surface area contributed by atoms with Crippen LogP contribution in [0.1, 0.15) is 18.6 Å². The maximum absolute atomic E-state index is 12.5. The first kappa shape index (κ1) is 23.3. The molecule has 2 aliphatic heterocycles. The van der Waals surface area contributed by atoms with Crippen LogP contribution in [0.3, 0.4) is 0 Å². The number of hydrogen-bond acceptors (Lipinski definition) is 6. The highest BCUT2D eigenvalue weighted by atomic mass is 16.5. The van der Waals surface area contributed by atoms with E-state index in [0.717, 1.165) is 50.0 Å². The number of benzene rings is 1. The second-order valence-corrected chi connectivity index (χ2v) is 7.74. The zero-order chi connectivity index (χ0) is 22.1. The van der Waals surface area contributed by atoms with Crippen molar-refractivity contribution in [3.05, 3.63) is 29.8 Å². The van der Waals surface area contributed by atoms with Gasteiger partial charge in [-0.3, -0.25) is 14.7 Å². The largest absolute Gasteiger partial charge is 0.497 e. The van der Waals surface area contributed by atoms with Gasteiger partial charge < -0.3 is 29.7 Å². The van der Waals surface area contributed by atoms with E-state index in [1.54, 1.807) is 7.11 Å². The molecule has 1 aromatic rings. The van der Waals surface area contributed by atoms with Crippen molar-refractivity contribution in [3.63, 3.8) is 0 Å². The Hall–Kier alpha value is -2.36. The summed E-state index contributed by atoms with van der Waals surface area (Å²) in [6.45, 7) is 9.36. The Balaban J connectivity index is 1.50. The number of rotatable bonds is 7. The molecular formula is C22H35N5O4. The number of hydrogen-bond donors (Lipinski definition) is 2. The van der Waals surface area contributed by atoms with E-state index in [-0.39, 0.29) is 12.5 Å². The van der Waals surface area contributed by atoms with Crippen LogP contribution in [0.15, 0.2) is 29.3 Å². The first-order valence-corrected chi connectivity index (χ1v) is 11.0. The van der Waals surface area contributed by atoms with Gasteiger partial charge in [0, 0.05) is 45.8 Å². The van der Waals surface area contributed by atoms with Crippen LogP contribution < -0.4 is 10.1 Å². The molecule has 2 aliphatic rings. The van der Waals surface area contributed by atoms with E-state index >= 15 is 0 Å². The molecule has 0 aromatic heterocycles. The molecule has 172 valence electrons. The van der Waals surface area contributed by atoms with Gasteiger partial charge in [0.15, 0.2) is 5.96 Å². The summed E-state index contributed by atoms with van der Waals surface area (Å²) >= 11 is 0. The molecule has 0 saturated carbocycles. The zero-order valence-corrected chi connectivity index (χ0v) is 18.6. The second kappa shape index (κ2) is 11.9. The van der Waals surface area contributed by atoms with Crippen LogP contribution in [0, 0.1) is 0 Å². The van der Waals surface area contributed by atoms with E-state index < -0.39 is 6.10 Å². The van der Waals surface area contributed by atoms with Gasteiger partial charge in [0.2, 0.25) is 5.91 Å². The summed E-state index contributed by atoms with van der Waals surface area (Å²) in [5.41, 5.74) is 0.812. The van der Waals surface area contributed by atoms with E-state index in [1.807, 2.05) is 36.1 Å². The van der Waals surface area contributed by atoms with E-state index in [9.17, 15) is 9.90 Å². The summed E-state index contributed by atoms with van der Waals surface area (Å²) in [7, 11) is 1.62. The van der Waals surface area contributed by atoms with Gasteiger partial charge >= 0.3 is 0 Å². The van der Waals surface area contributed by atoms with Crippen LogP contribution in [-0.4, -0.2) is 111 Å². The molecule has 2 N–H and O–H groups in total. The Morgan fingerprint density at radius 2 is 1.81 bits per heavy atom. The van der Waals surface area contributed by atoms with Gasteiger partial charge in [-0.25, -0.2) is 0 Å². The predicted octanol–water partition coefficient (Wildman–Crippen LogP) is 0.171. The maximum atomic E-state index is 12.5. The van der Waals surface area contributed by atoms with Crippen molar-refractivity contribution < 1.29 is 19.4 Å². The van der Waals surface area contributed by atoms with Gasteiger partial charge in [-0.1, -0.05) is 12.1 Å². The van der Waals surface area contributed by atoms with Gasteiger partial charge in [0.05, 0.1) is 39.5 Å². The lowest BCUT2D eigenvalue weighted by Crippen LogP contribution is -2.55. The number of carbonyl (C=O) groups excluding carboxylic acids is 1. The Morgan fingerprint density at radius 1 is 1.13 bits per heavy atom. The van der Waals surface area contributed by atoms with Crippen molar-refractivity contribution >= 4 is 11.9 Å². The van der Waals surface area contributed by atoms with E-state index in [4.69, 9.17) is 9.47 Å². The molecule has 31 heavy (non-hydrogen) atoms. The van der Waals surface area contributed by atoms with Crippen LogP contribution in [0.25, 0.3) is 0 Å². The molecule has 2 fully saturated rings. The van der Waals surface area contributed by atoms with Crippen LogP contribution in [0.5, 0.6) is 5.75 Å². The molecule has 0 aliphatic carbocycles. The lowest BCUT2D eigenvalue weighted by Gasteiger charge is -2.37. The average molecular weight is 434 g/mol. The van der Waals surface area contributed by atoms with Crippen LogP contribution in [0.2, 0.25) is 0 Å². The number of aliphatic hydroxyl groups is 1. The minimum absolute atomic E-state index is 0.180. The number of nitrogens with one attached hydrogen (secondary N) is 1. The first-order valence-electron chi connectivity index (χ1n) is 11.0. The number of amides is 1. The summed E-state index contributed by atoms with van der Waals surface area (Å²) in [5.74, 6) is 1.74. The SMILES string of the molecule is CCNC(=NCC(O)c1ccc(OC)cc1)N1CCN(CC(=O)N2CCOCC2)CC1. The molecule has 0 bridgehead atoms. The third-order valence-electron chi connectivity index (χ3n) is 5.64. The average Bonchev–Trinajstić information content (AvgIpc) is 2.82. The van der Waals surface area contributed by atoms with Crippen molar-refractivity contribution in [2.24, 2.45) is 4.99 Å². The lowest BCUT2D eigenvalue weighted by atomic mass is 10.1. The summed E-state index contributed by atoms with van der Waals surface area (Å²) in [4.78, 5) is 23.4. The van der Waals surface area contributed by atoms with Crippen molar-refractivity contribution in [2.45, 2.75) is 13.0 Å². The highest BCUT2D eigenvalue weighted by molar-refractivity contribution is 5.80. The fraction of sp³-hybridized carbons (Fsp3) is 0.636. The van der Waals surface area contributed by atoms with Gasteiger partial charge in [-0.15, -0.1) is 0 Å². The van der Waals surface area contributed by atoms with Crippen LogP contribution >= 0.6 is 0 Å². The topological polar surface area (TPSA) is 89.9 Å². The smallest absolute Gasteiger partial charge is 0.236 e. The second-order valence-electron chi connectivity index (χ2n) is 7.74. The number of carbonyl (C=O) groups is 1. The Kier molecular flexibility index (Phi) is 8.93. The Labute approximate surface area is 184 Å². The fourth-order valence-corrected chi connectivity index (χ4v) is 3.75. The fourth-order valence-electron chi connectivity index (χ4n) is 3.75. The number of methoxy groups -OCH3 is 1. The molecule has 9 nitrogen and oxygen atoms in total. The molecule has 1 unspecified atom stereocenters. The summed E-state index contributed by atoms with van der Waals surface area (Å²) in [5, 5.41) is 13.8. The van der Waals surface area contributed by atoms with Crippen LogP contribution in [0.4, 0.5) is 0 Å². The van der Waals surface area contributed by atoms with Crippen molar-refractivity contribution in [1.29, 1.82) is 0 Å². The van der Waals surface area contributed by atoms with Crippen molar-refractivity contribution in [2.75, 3.05) is 79.2 Å². The van der Waals surface area contributed by atoms with Gasteiger partial charge in [0.1, 0.15) is 5.75 Å². The minimum atomic E-state index is -0.674. The number of ether oxygens (including phenoxy) is 2. The standard InChI is InChI=1S/C22H35N5O4/c1-3-23-22(24-16-20(28)18-4-6-19(30-2)7-5-18)27-10-8-25(9-11-27)17-21(29)26-12-14-31-15-13-26/h4-7,20,28H,3,8-17H2,1-2H3,(H,23,24). The highest BCUT2D eigenvalue weighted by Gasteiger charge is 2.24. The number of aliphatic hydroxyl groups excluding tert-OH is 1. The third kappa shape index (κ3) is 6.81. The minimum Gasteiger partial charge on any atom is -0.497 e. The van der Waals surface area contributed by atoms with Gasteiger partial charge in [-0.05, 0) is 24.6 Å². The predicted molar refractivity (Wildman–Crippen MR) is 119 cm³/mol.